The molecular weight excluding hydrogens is 224 g/mol. The Balaban J connectivity index is 1.88. The lowest BCUT2D eigenvalue weighted by atomic mass is 10.0. The van der Waals surface area contributed by atoms with Gasteiger partial charge >= 0.3 is 0 Å². The molecule has 0 radical (unpaired) electrons. The molecule has 0 N–H and O–H groups in total. The highest BCUT2D eigenvalue weighted by Crippen LogP contribution is 2.22. The molecule has 0 atom stereocenters. The highest BCUT2D eigenvalue weighted by Gasteiger charge is 2.14. The van der Waals surface area contributed by atoms with E-state index in [2.05, 4.69) is 0 Å². The van der Waals surface area contributed by atoms with E-state index in [0.717, 1.165) is 44.0 Å². The third-order valence-electron chi connectivity index (χ3n) is 2.93. The fourth-order valence-electron chi connectivity index (χ4n) is 1.88. The van der Waals surface area contributed by atoms with E-state index < -0.39 is 0 Å². The molecule has 0 bridgehead atoms. The van der Waals surface area contributed by atoms with Crippen LogP contribution in [0.15, 0.2) is 24.3 Å². The number of rotatable bonds is 4. The van der Waals surface area contributed by atoms with Crippen LogP contribution >= 0.6 is 11.6 Å². The Morgan fingerprint density at radius 2 is 2.00 bits per heavy atom. The molecule has 0 aromatic heterocycles. The minimum atomic E-state index is 0.504. The van der Waals surface area contributed by atoms with Crippen LogP contribution in [0.1, 0.15) is 18.4 Å². The third-order valence-corrected chi connectivity index (χ3v) is 3.22. The summed E-state index contributed by atoms with van der Waals surface area (Å²) in [6.45, 7) is 2.51. The van der Waals surface area contributed by atoms with Crippen LogP contribution in [0, 0.1) is 5.92 Å². The van der Waals surface area contributed by atoms with Crippen molar-refractivity contribution in [3.8, 4) is 5.75 Å². The summed E-state index contributed by atoms with van der Waals surface area (Å²) in [6.07, 6.45) is 2.20. The van der Waals surface area contributed by atoms with E-state index in [1.165, 1.54) is 0 Å². The van der Waals surface area contributed by atoms with Crippen molar-refractivity contribution >= 4 is 11.6 Å². The van der Waals surface area contributed by atoms with Crippen LogP contribution in [0.25, 0.3) is 0 Å². The number of hydrogen-bond acceptors (Lipinski definition) is 2. The summed E-state index contributed by atoms with van der Waals surface area (Å²) in [6, 6.07) is 7.96. The Morgan fingerprint density at radius 1 is 1.25 bits per heavy atom. The molecule has 2 nitrogen and oxygen atoms in total. The molecule has 3 heteroatoms. The second kappa shape index (κ2) is 6.12. The van der Waals surface area contributed by atoms with Crippen molar-refractivity contribution < 1.29 is 9.47 Å². The van der Waals surface area contributed by atoms with Gasteiger partial charge in [-0.25, -0.2) is 0 Å². The Kier molecular flexibility index (Phi) is 4.49. The van der Waals surface area contributed by atoms with Crippen LogP contribution in [-0.2, 0) is 10.6 Å². The second-order valence-corrected chi connectivity index (χ2v) is 4.38. The van der Waals surface area contributed by atoms with Crippen molar-refractivity contribution in [2.24, 2.45) is 5.92 Å². The molecule has 1 fully saturated rings. The van der Waals surface area contributed by atoms with Gasteiger partial charge in [0.1, 0.15) is 5.75 Å². The maximum absolute atomic E-state index is 5.85. The minimum absolute atomic E-state index is 0.504. The SMILES string of the molecule is ClCc1ccccc1OCC1CCOCC1. The van der Waals surface area contributed by atoms with E-state index in [0.29, 0.717) is 11.8 Å². The van der Waals surface area contributed by atoms with Crippen molar-refractivity contribution in [3.05, 3.63) is 29.8 Å². The fraction of sp³-hybridized carbons (Fsp3) is 0.538. The van der Waals surface area contributed by atoms with Crippen molar-refractivity contribution in [3.63, 3.8) is 0 Å². The van der Waals surface area contributed by atoms with E-state index in [1.54, 1.807) is 0 Å². The van der Waals surface area contributed by atoms with Crippen molar-refractivity contribution in [2.45, 2.75) is 18.7 Å². The number of para-hydroxylation sites is 1. The topological polar surface area (TPSA) is 18.5 Å². The summed E-state index contributed by atoms with van der Waals surface area (Å²) in [5.41, 5.74) is 1.07. The summed E-state index contributed by atoms with van der Waals surface area (Å²) >= 11 is 5.85. The molecule has 88 valence electrons. The summed E-state index contributed by atoms with van der Waals surface area (Å²) < 4.78 is 11.1. The minimum Gasteiger partial charge on any atom is -0.493 e. The van der Waals surface area contributed by atoms with Gasteiger partial charge in [-0.1, -0.05) is 18.2 Å². The number of alkyl halides is 1. The smallest absolute Gasteiger partial charge is 0.123 e. The quantitative estimate of drug-likeness (QED) is 0.753. The lowest BCUT2D eigenvalue weighted by molar-refractivity contribution is 0.0496. The first-order chi connectivity index (χ1) is 7.90. The predicted octanol–water partition coefficient (Wildman–Crippen LogP) is 3.23. The van der Waals surface area contributed by atoms with Crippen molar-refractivity contribution in [2.75, 3.05) is 19.8 Å². The standard InChI is InChI=1S/C13H17ClO2/c14-9-12-3-1-2-4-13(12)16-10-11-5-7-15-8-6-11/h1-4,11H,5-10H2. The molecule has 2 rings (SSSR count). The molecule has 0 saturated carbocycles. The highest BCUT2D eigenvalue weighted by molar-refractivity contribution is 6.17. The Morgan fingerprint density at radius 3 is 2.75 bits per heavy atom. The Hall–Kier alpha value is -0.730. The van der Waals surface area contributed by atoms with E-state index in [4.69, 9.17) is 21.1 Å². The van der Waals surface area contributed by atoms with Crippen LogP contribution < -0.4 is 4.74 Å². The first kappa shape index (κ1) is 11.7. The second-order valence-electron chi connectivity index (χ2n) is 4.11. The Bertz CT molecular complexity index is 321. The van der Waals surface area contributed by atoms with Crippen LogP contribution in [0.3, 0.4) is 0 Å². The van der Waals surface area contributed by atoms with Gasteiger partial charge in [0.05, 0.1) is 12.5 Å². The normalized spacial score (nSPS) is 17.3. The number of halogens is 1. The number of ether oxygens (including phenoxy) is 2. The molecule has 0 aliphatic carbocycles. The van der Waals surface area contributed by atoms with Crippen LogP contribution in [0.5, 0.6) is 5.75 Å². The molecule has 1 saturated heterocycles. The maximum Gasteiger partial charge on any atom is 0.123 e. The molecular formula is C13H17ClO2. The average Bonchev–Trinajstić information content (AvgIpc) is 2.38. The fourth-order valence-corrected chi connectivity index (χ4v) is 2.10. The van der Waals surface area contributed by atoms with Gasteiger partial charge in [0.25, 0.3) is 0 Å². The summed E-state index contributed by atoms with van der Waals surface area (Å²) in [5.74, 6) is 2.05. The molecule has 1 aromatic rings. The van der Waals surface area contributed by atoms with Crippen LogP contribution in [0.2, 0.25) is 0 Å². The third kappa shape index (κ3) is 3.13. The van der Waals surface area contributed by atoms with Gasteiger partial charge in [-0.15, -0.1) is 11.6 Å². The van der Waals surface area contributed by atoms with Gasteiger partial charge in [0.2, 0.25) is 0 Å². The maximum atomic E-state index is 5.85. The molecule has 0 spiro atoms. The lowest BCUT2D eigenvalue weighted by Gasteiger charge is -2.22. The summed E-state index contributed by atoms with van der Waals surface area (Å²) in [4.78, 5) is 0. The number of hydrogen-bond donors (Lipinski definition) is 0. The molecule has 1 aliphatic heterocycles. The van der Waals surface area contributed by atoms with E-state index in [-0.39, 0.29) is 0 Å². The Labute approximate surface area is 102 Å². The lowest BCUT2D eigenvalue weighted by Crippen LogP contribution is -2.21. The van der Waals surface area contributed by atoms with Gasteiger partial charge < -0.3 is 9.47 Å². The summed E-state index contributed by atoms with van der Waals surface area (Å²) in [7, 11) is 0. The monoisotopic (exact) mass is 240 g/mol. The van der Waals surface area contributed by atoms with E-state index in [1.807, 2.05) is 24.3 Å². The van der Waals surface area contributed by atoms with E-state index in [9.17, 15) is 0 Å². The van der Waals surface area contributed by atoms with Crippen molar-refractivity contribution in [1.29, 1.82) is 0 Å². The molecule has 0 amide bonds. The van der Waals surface area contributed by atoms with Crippen molar-refractivity contribution in [1.82, 2.24) is 0 Å². The highest BCUT2D eigenvalue weighted by atomic mass is 35.5. The average molecular weight is 241 g/mol. The van der Waals surface area contributed by atoms with Gasteiger partial charge in [0, 0.05) is 18.8 Å². The molecule has 1 aliphatic rings. The molecule has 1 heterocycles. The van der Waals surface area contributed by atoms with Gasteiger partial charge in [-0.3, -0.25) is 0 Å². The zero-order valence-corrected chi connectivity index (χ0v) is 10.1. The number of benzene rings is 1. The van der Waals surface area contributed by atoms with Gasteiger partial charge in [-0.05, 0) is 24.8 Å². The first-order valence-corrected chi connectivity index (χ1v) is 6.28. The largest absolute Gasteiger partial charge is 0.493 e. The first-order valence-electron chi connectivity index (χ1n) is 5.74. The predicted molar refractivity (Wildman–Crippen MR) is 65.0 cm³/mol. The molecule has 16 heavy (non-hydrogen) atoms. The van der Waals surface area contributed by atoms with Gasteiger partial charge in [-0.2, -0.15) is 0 Å². The molecule has 1 aromatic carbocycles. The van der Waals surface area contributed by atoms with Crippen LogP contribution in [0.4, 0.5) is 0 Å². The zero-order valence-electron chi connectivity index (χ0n) is 9.32. The molecule has 0 unspecified atom stereocenters. The van der Waals surface area contributed by atoms with E-state index >= 15 is 0 Å². The van der Waals surface area contributed by atoms with Crippen LogP contribution in [-0.4, -0.2) is 19.8 Å². The van der Waals surface area contributed by atoms with Gasteiger partial charge in [0.15, 0.2) is 0 Å². The summed E-state index contributed by atoms with van der Waals surface area (Å²) in [5, 5.41) is 0. The zero-order chi connectivity index (χ0) is 11.2.